The lowest BCUT2D eigenvalue weighted by molar-refractivity contribution is -0.126. The summed E-state index contributed by atoms with van der Waals surface area (Å²) in [6.07, 6.45) is -0.859. The number of aryl methyl sites for hydroxylation is 1. The van der Waals surface area contributed by atoms with Crippen LogP contribution in [0.25, 0.3) is 0 Å². The molecule has 6 heteroatoms. The number of benzene rings is 3. The summed E-state index contributed by atoms with van der Waals surface area (Å²) in [7, 11) is 3.97. The number of amides is 2. The van der Waals surface area contributed by atoms with E-state index in [4.69, 9.17) is 4.84 Å². The Morgan fingerprint density at radius 1 is 0.812 bits per heavy atom. The highest BCUT2D eigenvalue weighted by Gasteiger charge is 2.60. The first-order valence-electron chi connectivity index (χ1n) is 10.7. The minimum absolute atomic E-state index is 0.231. The summed E-state index contributed by atoms with van der Waals surface area (Å²) in [6, 6.07) is 24.7. The molecule has 0 bridgehead atoms. The van der Waals surface area contributed by atoms with Crippen molar-refractivity contribution in [3.63, 3.8) is 0 Å². The summed E-state index contributed by atoms with van der Waals surface area (Å²) in [6.45, 7) is 1.94. The maximum absolute atomic E-state index is 13.6. The number of anilines is 3. The first-order valence-corrected chi connectivity index (χ1v) is 10.7. The number of carbonyl (C=O) groups excluding carboxylic acids is 2. The Labute approximate surface area is 187 Å². The minimum Gasteiger partial charge on any atom is -0.378 e. The molecule has 0 radical (unpaired) electrons. The molecule has 0 aliphatic carbocycles. The number of fused-ring (bicyclic) bond motifs is 1. The van der Waals surface area contributed by atoms with Crippen LogP contribution in [0.3, 0.4) is 0 Å². The van der Waals surface area contributed by atoms with Crippen LogP contribution < -0.4 is 14.9 Å². The van der Waals surface area contributed by atoms with Crippen LogP contribution >= 0.6 is 0 Å². The highest BCUT2D eigenvalue weighted by Crippen LogP contribution is 2.47. The zero-order valence-corrected chi connectivity index (χ0v) is 18.3. The summed E-state index contributed by atoms with van der Waals surface area (Å²) >= 11 is 0. The Kier molecular flexibility index (Phi) is 4.94. The zero-order chi connectivity index (χ0) is 22.4. The number of rotatable bonds is 4. The van der Waals surface area contributed by atoms with Crippen molar-refractivity contribution in [2.24, 2.45) is 5.92 Å². The van der Waals surface area contributed by atoms with E-state index in [9.17, 15) is 9.59 Å². The van der Waals surface area contributed by atoms with E-state index in [-0.39, 0.29) is 11.8 Å². The number of hydroxylamine groups is 1. The zero-order valence-electron chi connectivity index (χ0n) is 18.3. The van der Waals surface area contributed by atoms with Crippen molar-refractivity contribution < 1.29 is 14.4 Å². The van der Waals surface area contributed by atoms with Crippen molar-refractivity contribution in [1.82, 2.24) is 0 Å². The number of hydrogen-bond acceptors (Lipinski definition) is 5. The number of carbonyl (C=O) groups is 2. The molecule has 32 heavy (non-hydrogen) atoms. The molecule has 0 N–H and O–H groups in total. The average molecular weight is 428 g/mol. The van der Waals surface area contributed by atoms with Gasteiger partial charge in [0.15, 0.2) is 6.10 Å². The quantitative estimate of drug-likeness (QED) is 0.587. The third-order valence-electron chi connectivity index (χ3n) is 6.14. The first-order chi connectivity index (χ1) is 15.5. The molecular formula is C26H25N3O3. The molecule has 3 atom stereocenters. The van der Waals surface area contributed by atoms with E-state index in [1.54, 1.807) is 11.1 Å². The smallest absolute Gasteiger partial charge is 0.266 e. The molecule has 2 aliphatic heterocycles. The number of imide groups is 1. The highest BCUT2D eigenvalue weighted by atomic mass is 16.7. The number of hydrogen-bond donors (Lipinski definition) is 0. The normalized spacial score (nSPS) is 22.4. The SMILES string of the molecule is Cc1cccc(N2C(=O)[C@H]3[C@H](ON(c4ccccc4)[C@H]3c3ccc(N(C)C)cc3)C2=O)c1. The van der Waals surface area contributed by atoms with Crippen molar-refractivity contribution in [2.75, 3.05) is 29.0 Å². The lowest BCUT2D eigenvalue weighted by atomic mass is 9.90. The Bertz CT molecular complexity index is 1160. The first kappa shape index (κ1) is 20.3. The van der Waals surface area contributed by atoms with E-state index in [0.717, 1.165) is 22.5 Å². The fourth-order valence-electron chi connectivity index (χ4n) is 4.54. The predicted molar refractivity (Wildman–Crippen MR) is 124 cm³/mol. The largest absolute Gasteiger partial charge is 0.378 e. The number of para-hydroxylation sites is 1. The van der Waals surface area contributed by atoms with Crippen molar-refractivity contribution in [3.8, 4) is 0 Å². The van der Waals surface area contributed by atoms with Crippen LogP contribution in [0.2, 0.25) is 0 Å². The molecule has 2 heterocycles. The van der Waals surface area contributed by atoms with E-state index < -0.39 is 18.1 Å². The van der Waals surface area contributed by atoms with Gasteiger partial charge < -0.3 is 4.90 Å². The molecular weight excluding hydrogens is 402 g/mol. The summed E-state index contributed by atoms with van der Waals surface area (Å²) in [5.74, 6) is -1.18. The molecule has 2 saturated heterocycles. The lowest BCUT2D eigenvalue weighted by Crippen LogP contribution is -2.37. The van der Waals surface area contributed by atoms with Crippen molar-refractivity contribution in [3.05, 3.63) is 90.0 Å². The van der Waals surface area contributed by atoms with Crippen LogP contribution in [0.1, 0.15) is 17.2 Å². The molecule has 0 saturated carbocycles. The summed E-state index contributed by atoms with van der Waals surface area (Å²) < 4.78 is 0. The van der Waals surface area contributed by atoms with Crippen LogP contribution in [0.4, 0.5) is 17.1 Å². The molecule has 2 amide bonds. The van der Waals surface area contributed by atoms with E-state index in [2.05, 4.69) is 0 Å². The average Bonchev–Trinajstić information content (AvgIpc) is 3.30. The molecule has 3 aromatic carbocycles. The van der Waals surface area contributed by atoms with E-state index >= 15 is 0 Å². The topological polar surface area (TPSA) is 53.1 Å². The van der Waals surface area contributed by atoms with Gasteiger partial charge in [-0.25, -0.2) is 9.96 Å². The molecule has 3 aromatic rings. The Balaban J connectivity index is 1.57. The summed E-state index contributed by atoms with van der Waals surface area (Å²) in [5, 5.41) is 1.73. The molecule has 5 rings (SSSR count). The Morgan fingerprint density at radius 3 is 2.16 bits per heavy atom. The van der Waals surface area contributed by atoms with Crippen molar-refractivity contribution in [2.45, 2.75) is 19.1 Å². The third-order valence-corrected chi connectivity index (χ3v) is 6.14. The number of nitrogens with zero attached hydrogens (tertiary/aromatic N) is 3. The fourth-order valence-corrected chi connectivity index (χ4v) is 4.54. The van der Waals surface area contributed by atoms with Gasteiger partial charge in [-0.3, -0.25) is 14.4 Å². The molecule has 162 valence electrons. The minimum atomic E-state index is -0.859. The Morgan fingerprint density at radius 2 is 1.50 bits per heavy atom. The lowest BCUT2D eigenvalue weighted by Gasteiger charge is -2.29. The van der Waals surface area contributed by atoms with Gasteiger partial charge >= 0.3 is 0 Å². The van der Waals surface area contributed by atoms with E-state index in [1.165, 1.54) is 4.90 Å². The fraction of sp³-hybridized carbons (Fsp3) is 0.231. The van der Waals surface area contributed by atoms with Gasteiger partial charge in [-0.1, -0.05) is 42.5 Å². The summed E-state index contributed by atoms with van der Waals surface area (Å²) in [4.78, 5) is 36.5. The summed E-state index contributed by atoms with van der Waals surface area (Å²) in [5.41, 5.74) is 4.38. The predicted octanol–water partition coefficient (Wildman–Crippen LogP) is 4.11. The molecule has 0 unspecified atom stereocenters. The van der Waals surface area contributed by atoms with Gasteiger partial charge in [-0.05, 0) is 54.4 Å². The highest BCUT2D eigenvalue weighted by molar-refractivity contribution is 6.24. The molecule has 2 fully saturated rings. The second kappa shape index (κ2) is 7.80. The van der Waals surface area contributed by atoms with Crippen LogP contribution in [-0.2, 0) is 14.4 Å². The van der Waals surface area contributed by atoms with Crippen LogP contribution in [0.15, 0.2) is 78.9 Å². The second-order valence-electron chi connectivity index (χ2n) is 8.49. The van der Waals surface area contributed by atoms with Crippen LogP contribution in [-0.4, -0.2) is 32.0 Å². The van der Waals surface area contributed by atoms with E-state index in [1.807, 2.05) is 98.7 Å². The molecule has 0 spiro atoms. The maximum Gasteiger partial charge on any atom is 0.266 e. The van der Waals surface area contributed by atoms with Gasteiger partial charge in [0, 0.05) is 19.8 Å². The maximum atomic E-state index is 13.6. The van der Waals surface area contributed by atoms with Crippen LogP contribution in [0, 0.1) is 12.8 Å². The van der Waals surface area contributed by atoms with Gasteiger partial charge in [0.05, 0.1) is 17.4 Å². The van der Waals surface area contributed by atoms with E-state index in [0.29, 0.717) is 5.69 Å². The van der Waals surface area contributed by atoms with Gasteiger partial charge in [0.1, 0.15) is 5.92 Å². The second-order valence-corrected chi connectivity index (χ2v) is 8.49. The van der Waals surface area contributed by atoms with Crippen molar-refractivity contribution in [1.29, 1.82) is 0 Å². The van der Waals surface area contributed by atoms with Gasteiger partial charge in [-0.15, -0.1) is 0 Å². The molecule has 0 aromatic heterocycles. The molecule has 2 aliphatic rings. The molecule has 6 nitrogen and oxygen atoms in total. The van der Waals surface area contributed by atoms with Gasteiger partial charge in [0.25, 0.3) is 5.91 Å². The van der Waals surface area contributed by atoms with Crippen molar-refractivity contribution >= 4 is 28.9 Å². The third kappa shape index (κ3) is 3.24. The monoisotopic (exact) mass is 427 g/mol. The Hall–Kier alpha value is -3.64. The van der Waals surface area contributed by atoms with Gasteiger partial charge in [0.2, 0.25) is 5.91 Å². The standard InChI is InChI=1S/C26H25N3O3/c1-17-8-7-11-21(16-17)28-25(30)22-23(18-12-14-19(15-13-18)27(2)3)29(32-24(22)26(28)31)20-9-5-4-6-10-20/h4-16,22-24H,1-3H3/t22-,23+,24+/m1/s1. The van der Waals surface area contributed by atoms with Gasteiger partial charge in [-0.2, -0.15) is 0 Å². The van der Waals surface area contributed by atoms with Crippen LogP contribution in [0.5, 0.6) is 0 Å².